The fraction of sp³-hybridized carbons (Fsp3) is 0.391. The first-order chi connectivity index (χ1) is 14.5. The predicted molar refractivity (Wildman–Crippen MR) is 125 cm³/mol. The molecule has 30 heavy (non-hydrogen) atoms. The third-order valence-corrected chi connectivity index (χ3v) is 6.65. The Morgan fingerprint density at radius 2 is 1.57 bits per heavy atom. The Bertz CT molecular complexity index is 953. The molecule has 1 fully saturated rings. The van der Waals surface area contributed by atoms with Crippen LogP contribution in [0.2, 0.25) is 15.1 Å². The highest BCUT2D eigenvalue weighted by atomic mass is 35.5. The second kappa shape index (κ2) is 9.17. The number of carbonyl (C=O) groups is 1. The van der Waals surface area contributed by atoms with Crippen molar-refractivity contribution in [2.24, 2.45) is 11.0 Å². The molecule has 0 radical (unpaired) electrons. The van der Waals surface area contributed by atoms with Gasteiger partial charge < -0.3 is 4.90 Å². The lowest BCUT2D eigenvalue weighted by Gasteiger charge is -2.28. The van der Waals surface area contributed by atoms with Crippen molar-refractivity contribution in [2.45, 2.75) is 38.6 Å². The van der Waals surface area contributed by atoms with E-state index >= 15 is 0 Å². The molecule has 0 saturated carbocycles. The molecule has 1 amide bonds. The lowest BCUT2D eigenvalue weighted by Crippen LogP contribution is -2.39. The van der Waals surface area contributed by atoms with Crippen molar-refractivity contribution in [1.29, 1.82) is 0 Å². The largest absolute Gasteiger partial charge is 0.338 e. The van der Waals surface area contributed by atoms with Gasteiger partial charge in [-0.3, -0.25) is 9.80 Å². The van der Waals surface area contributed by atoms with Crippen molar-refractivity contribution < 1.29 is 4.79 Å². The minimum Gasteiger partial charge on any atom is -0.338 e. The summed E-state index contributed by atoms with van der Waals surface area (Å²) in [4.78, 5) is 15.4. The highest BCUT2D eigenvalue weighted by molar-refractivity contribution is 6.41. The number of anilines is 1. The zero-order valence-electron chi connectivity index (χ0n) is 16.8. The standard InChI is InChI=1S/C23H24Cl3N3O/c1-15-21(23(30)28-12-4-2-3-5-13-28)27-29(20-11-10-18(25)14-19(20)26)22(15)16-6-8-17(24)9-7-16/h6-11,14-15,22H,2-5,12-13H2,1H3. The molecule has 2 aromatic carbocycles. The molecule has 0 spiro atoms. The number of likely N-dealkylation sites (tertiary alicyclic amines) is 1. The third-order valence-electron chi connectivity index (χ3n) is 5.86. The summed E-state index contributed by atoms with van der Waals surface area (Å²) in [5.41, 5.74) is 2.33. The molecule has 0 aromatic heterocycles. The average molecular weight is 465 g/mol. The normalized spacial score (nSPS) is 22.1. The Morgan fingerprint density at radius 1 is 0.933 bits per heavy atom. The van der Waals surface area contributed by atoms with Gasteiger partial charge in [0.05, 0.1) is 16.8 Å². The van der Waals surface area contributed by atoms with Crippen molar-refractivity contribution >= 4 is 52.1 Å². The van der Waals surface area contributed by atoms with Crippen LogP contribution in [0.25, 0.3) is 0 Å². The maximum absolute atomic E-state index is 13.4. The van der Waals surface area contributed by atoms with Crippen LogP contribution in [0.1, 0.15) is 44.2 Å². The topological polar surface area (TPSA) is 35.9 Å². The first-order valence-electron chi connectivity index (χ1n) is 10.3. The van der Waals surface area contributed by atoms with Gasteiger partial charge in [-0.15, -0.1) is 0 Å². The van der Waals surface area contributed by atoms with Crippen molar-refractivity contribution in [3.8, 4) is 0 Å². The van der Waals surface area contributed by atoms with E-state index in [-0.39, 0.29) is 17.9 Å². The molecule has 158 valence electrons. The summed E-state index contributed by atoms with van der Waals surface area (Å²) in [7, 11) is 0. The minimum absolute atomic E-state index is 0.0240. The van der Waals surface area contributed by atoms with Crippen molar-refractivity contribution in [3.63, 3.8) is 0 Å². The van der Waals surface area contributed by atoms with E-state index in [9.17, 15) is 4.79 Å². The molecule has 0 N–H and O–H groups in total. The van der Waals surface area contributed by atoms with E-state index in [1.807, 2.05) is 40.2 Å². The van der Waals surface area contributed by atoms with Crippen LogP contribution in [0.3, 0.4) is 0 Å². The lowest BCUT2D eigenvalue weighted by molar-refractivity contribution is -0.124. The van der Waals surface area contributed by atoms with Gasteiger partial charge in [0, 0.05) is 29.1 Å². The number of nitrogens with zero attached hydrogens (tertiary/aromatic N) is 3. The van der Waals surface area contributed by atoms with Crippen LogP contribution in [-0.4, -0.2) is 29.6 Å². The first kappa shape index (κ1) is 21.5. The van der Waals surface area contributed by atoms with Crippen molar-refractivity contribution in [1.82, 2.24) is 4.90 Å². The molecule has 0 aliphatic carbocycles. The van der Waals surface area contributed by atoms with E-state index in [2.05, 4.69) is 6.92 Å². The van der Waals surface area contributed by atoms with Crippen LogP contribution >= 0.6 is 34.8 Å². The van der Waals surface area contributed by atoms with Gasteiger partial charge in [-0.25, -0.2) is 0 Å². The fourth-order valence-corrected chi connectivity index (χ4v) is 4.89. The average Bonchev–Trinajstić information content (AvgIpc) is 2.90. The molecule has 4 nitrogen and oxygen atoms in total. The number of hydrogen-bond acceptors (Lipinski definition) is 3. The molecule has 2 aliphatic heterocycles. The third kappa shape index (κ3) is 4.32. The van der Waals surface area contributed by atoms with Crippen LogP contribution in [0.15, 0.2) is 47.6 Å². The molecule has 2 atom stereocenters. The number of carbonyl (C=O) groups excluding carboxylic acids is 1. The van der Waals surface area contributed by atoms with Gasteiger partial charge in [0.25, 0.3) is 5.91 Å². The molecule has 2 aliphatic rings. The number of amides is 1. The molecular weight excluding hydrogens is 441 g/mol. The molecule has 2 aromatic rings. The molecule has 2 heterocycles. The van der Waals surface area contributed by atoms with E-state index in [1.165, 1.54) is 12.8 Å². The summed E-state index contributed by atoms with van der Waals surface area (Å²) < 4.78 is 0. The monoisotopic (exact) mass is 463 g/mol. The van der Waals surface area contributed by atoms with Crippen LogP contribution in [0.5, 0.6) is 0 Å². The highest BCUT2D eigenvalue weighted by Gasteiger charge is 2.41. The Hall–Kier alpha value is -1.75. The summed E-state index contributed by atoms with van der Waals surface area (Å²) in [5, 5.41) is 8.40. The van der Waals surface area contributed by atoms with Gasteiger partial charge in [0.2, 0.25) is 0 Å². The second-order valence-electron chi connectivity index (χ2n) is 7.92. The zero-order valence-corrected chi connectivity index (χ0v) is 19.1. The molecule has 7 heteroatoms. The molecule has 4 rings (SSSR count). The van der Waals surface area contributed by atoms with Crippen LogP contribution in [0.4, 0.5) is 5.69 Å². The Labute approximate surface area is 192 Å². The van der Waals surface area contributed by atoms with Gasteiger partial charge in [-0.1, -0.05) is 66.7 Å². The smallest absolute Gasteiger partial charge is 0.270 e. The van der Waals surface area contributed by atoms with Crippen molar-refractivity contribution in [3.05, 3.63) is 63.1 Å². The number of halogens is 3. The van der Waals surface area contributed by atoms with Crippen molar-refractivity contribution in [2.75, 3.05) is 18.1 Å². The van der Waals surface area contributed by atoms with Gasteiger partial charge in [-0.2, -0.15) is 5.10 Å². The number of hydrazone groups is 1. The van der Waals surface area contributed by atoms with Crippen LogP contribution in [-0.2, 0) is 4.79 Å². The number of benzene rings is 2. The van der Waals surface area contributed by atoms with Gasteiger partial charge in [-0.05, 0) is 48.7 Å². The lowest BCUT2D eigenvalue weighted by atomic mass is 9.90. The summed E-state index contributed by atoms with van der Waals surface area (Å²) in [6.45, 7) is 3.63. The first-order valence-corrected chi connectivity index (χ1v) is 11.5. The van der Waals surface area contributed by atoms with Gasteiger partial charge in [0.1, 0.15) is 5.71 Å². The SMILES string of the molecule is CC1C(C(=O)N2CCCCCC2)=NN(c2ccc(Cl)cc2Cl)C1c1ccc(Cl)cc1. The van der Waals surface area contributed by atoms with E-state index in [0.29, 0.717) is 20.8 Å². The van der Waals surface area contributed by atoms with Crippen LogP contribution in [0, 0.1) is 5.92 Å². The Morgan fingerprint density at radius 3 is 2.20 bits per heavy atom. The molecule has 1 saturated heterocycles. The van der Waals surface area contributed by atoms with E-state index < -0.39 is 0 Å². The Kier molecular flexibility index (Phi) is 6.57. The summed E-state index contributed by atoms with van der Waals surface area (Å²) in [6, 6.07) is 12.9. The number of hydrogen-bond donors (Lipinski definition) is 0. The zero-order chi connectivity index (χ0) is 21.3. The highest BCUT2D eigenvalue weighted by Crippen LogP contribution is 2.42. The predicted octanol–water partition coefficient (Wildman–Crippen LogP) is 6.60. The maximum atomic E-state index is 13.4. The summed E-state index contributed by atoms with van der Waals surface area (Å²) in [6.07, 6.45) is 4.43. The molecule has 0 bridgehead atoms. The summed E-state index contributed by atoms with van der Waals surface area (Å²) >= 11 is 18.7. The van der Waals surface area contributed by atoms with Gasteiger partial charge in [0.15, 0.2) is 0 Å². The number of rotatable bonds is 3. The fourth-order valence-electron chi connectivity index (χ4n) is 4.26. The van der Waals surface area contributed by atoms with E-state index in [1.54, 1.807) is 12.1 Å². The van der Waals surface area contributed by atoms with Gasteiger partial charge >= 0.3 is 0 Å². The Balaban J connectivity index is 1.73. The quantitative estimate of drug-likeness (QED) is 0.513. The molecule has 2 unspecified atom stereocenters. The molecular formula is C23H24Cl3N3O. The maximum Gasteiger partial charge on any atom is 0.270 e. The minimum atomic E-state index is -0.160. The van der Waals surface area contributed by atoms with E-state index in [0.717, 1.165) is 37.2 Å². The second-order valence-corrected chi connectivity index (χ2v) is 9.20. The summed E-state index contributed by atoms with van der Waals surface area (Å²) in [5.74, 6) is -0.0791. The van der Waals surface area contributed by atoms with E-state index in [4.69, 9.17) is 39.9 Å². The van der Waals surface area contributed by atoms with Crippen LogP contribution < -0.4 is 5.01 Å².